The van der Waals surface area contributed by atoms with Crippen LogP contribution in [0, 0.1) is 0 Å². The number of amides is 1. The minimum atomic E-state index is -0.844. The van der Waals surface area contributed by atoms with Crippen LogP contribution in [0.25, 0.3) is 0 Å². The van der Waals surface area contributed by atoms with Crippen molar-refractivity contribution in [3.63, 3.8) is 0 Å². The molecule has 77 heavy (non-hydrogen) atoms. The van der Waals surface area contributed by atoms with Gasteiger partial charge in [-0.15, -0.1) is 0 Å². The third-order valence-corrected chi connectivity index (χ3v) is 16.1. The zero-order chi connectivity index (χ0) is 55.7. The number of aliphatic hydroxyl groups is 2. The van der Waals surface area contributed by atoms with Crippen molar-refractivity contribution in [1.82, 2.24) is 5.32 Å². The van der Waals surface area contributed by atoms with Crippen LogP contribution >= 0.6 is 0 Å². The fourth-order valence-electron chi connectivity index (χ4n) is 10.8. The molecule has 454 valence electrons. The minimum Gasteiger partial charge on any atom is -0.466 e. The molecule has 0 aromatic rings. The highest BCUT2D eigenvalue weighted by atomic mass is 16.5. The zero-order valence-corrected chi connectivity index (χ0v) is 52.0. The first-order valence-corrected chi connectivity index (χ1v) is 34.8. The third kappa shape index (κ3) is 63.1. The number of ether oxygens (including phenoxy) is 1. The molecule has 0 rings (SSSR count). The summed E-state index contributed by atoms with van der Waals surface area (Å²) in [4.78, 5) is 24.6. The van der Waals surface area contributed by atoms with Gasteiger partial charge in [-0.3, -0.25) is 9.59 Å². The van der Waals surface area contributed by atoms with Crippen LogP contribution in [-0.2, 0) is 14.3 Å². The average molecular weight is 1080 g/mol. The standard InChI is InChI=1S/C71H135NO5/c1-3-5-7-9-11-13-15-17-19-20-34-37-41-45-49-53-57-61-65-71(76)77-66-62-58-54-50-46-42-38-35-32-30-28-26-24-22-21-23-25-27-29-31-33-36-40-44-48-52-56-60-64-70(75)72-68(67-73)69(74)63-59-55-51-47-43-39-18-16-14-12-10-8-6-4-2/h19-22,59,63,68-69,73-74H,3-18,23-58,60-62,64-67H2,1-2H3,(H,72,75)/b20-19-,22-21-,63-59+. The van der Waals surface area contributed by atoms with E-state index in [2.05, 4.69) is 43.5 Å². The second kappa shape index (κ2) is 66.6. The Kier molecular flexibility index (Phi) is 64.9. The Morgan fingerprint density at radius 1 is 0.351 bits per heavy atom. The lowest BCUT2D eigenvalue weighted by Crippen LogP contribution is -2.45. The quantitative estimate of drug-likeness (QED) is 0.0320. The van der Waals surface area contributed by atoms with E-state index in [1.54, 1.807) is 6.08 Å². The number of rotatable bonds is 65. The lowest BCUT2D eigenvalue weighted by molar-refractivity contribution is -0.143. The van der Waals surface area contributed by atoms with Gasteiger partial charge in [0.2, 0.25) is 5.91 Å². The lowest BCUT2D eigenvalue weighted by Gasteiger charge is -2.20. The topological polar surface area (TPSA) is 95.9 Å². The molecule has 0 radical (unpaired) electrons. The van der Waals surface area contributed by atoms with Gasteiger partial charge in [-0.2, -0.15) is 0 Å². The van der Waals surface area contributed by atoms with Crippen LogP contribution < -0.4 is 5.32 Å². The van der Waals surface area contributed by atoms with Crippen LogP contribution in [0.1, 0.15) is 380 Å². The molecule has 3 N–H and O–H groups in total. The van der Waals surface area contributed by atoms with Crippen LogP contribution in [0.2, 0.25) is 0 Å². The van der Waals surface area contributed by atoms with Crippen LogP contribution in [0.3, 0.4) is 0 Å². The Morgan fingerprint density at radius 3 is 0.922 bits per heavy atom. The fraction of sp³-hybridized carbons (Fsp3) is 0.887. The Labute approximate surface area is 481 Å². The second-order valence-corrected chi connectivity index (χ2v) is 23.9. The number of hydrogen-bond donors (Lipinski definition) is 3. The summed E-state index contributed by atoms with van der Waals surface area (Å²) in [6.07, 6.45) is 85.1. The van der Waals surface area contributed by atoms with Crippen LogP contribution in [0.5, 0.6) is 0 Å². The smallest absolute Gasteiger partial charge is 0.305 e. The number of allylic oxidation sites excluding steroid dienone is 5. The fourth-order valence-corrected chi connectivity index (χ4v) is 10.8. The average Bonchev–Trinajstić information content (AvgIpc) is 3.43. The van der Waals surface area contributed by atoms with Gasteiger partial charge in [0.15, 0.2) is 0 Å². The van der Waals surface area contributed by atoms with Crippen LogP contribution in [-0.4, -0.2) is 47.4 Å². The normalized spacial score (nSPS) is 12.7. The van der Waals surface area contributed by atoms with Crippen molar-refractivity contribution >= 4 is 11.9 Å². The predicted molar refractivity (Wildman–Crippen MR) is 338 cm³/mol. The molecule has 2 atom stereocenters. The van der Waals surface area contributed by atoms with Gasteiger partial charge in [0.05, 0.1) is 25.4 Å². The molecular formula is C71H135NO5. The predicted octanol–water partition coefficient (Wildman–Crippen LogP) is 22.3. The Bertz CT molecular complexity index is 1250. The summed E-state index contributed by atoms with van der Waals surface area (Å²) in [5.74, 6) is -0.0536. The Morgan fingerprint density at radius 2 is 0.610 bits per heavy atom. The molecule has 0 bridgehead atoms. The molecule has 0 aliphatic heterocycles. The summed E-state index contributed by atoms with van der Waals surface area (Å²) in [6, 6.07) is -0.628. The van der Waals surface area contributed by atoms with Crippen molar-refractivity contribution in [2.24, 2.45) is 0 Å². The summed E-state index contributed by atoms with van der Waals surface area (Å²) in [5, 5.41) is 23.1. The number of nitrogens with one attached hydrogen (secondary N) is 1. The molecule has 0 heterocycles. The maximum atomic E-state index is 12.5. The number of unbranched alkanes of at least 4 members (excludes halogenated alkanes) is 50. The van der Waals surface area contributed by atoms with Crippen molar-refractivity contribution < 1.29 is 24.5 Å². The van der Waals surface area contributed by atoms with Gasteiger partial charge in [-0.1, -0.05) is 320 Å². The molecule has 0 aliphatic carbocycles. The second-order valence-electron chi connectivity index (χ2n) is 23.9. The maximum absolute atomic E-state index is 12.5. The summed E-state index contributed by atoms with van der Waals surface area (Å²) in [6.45, 7) is 4.92. The van der Waals surface area contributed by atoms with Crippen molar-refractivity contribution in [3.05, 3.63) is 36.5 Å². The van der Waals surface area contributed by atoms with Gasteiger partial charge in [-0.25, -0.2) is 0 Å². The van der Waals surface area contributed by atoms with E-state index < -0.39 is 12.1 Å². The van der Waals surface area contributed by atoms with E-state index in [0.29, 0.717) is 19.4 Å². The zero-order valence-electron chi connectivity index (χ0n) is 52.0. The lowest BCUT2D eigenvalue weighted by atomic mass is 10.0. The maximum Gasteiger partial charge on any atom is 0.305 e. The molecule has 0 saturated carbocycles. The highest BCUT2D eigenvalue weighted by Crippen LogP contribution is 2.18. The number of carbonyl (C=O) groups is 2. The molecule has 0 fully saturated rings. The van der Waals surface area contributed by atoms with Crippen LogP contribution in [0.4, 0.5) is 0 Å². The van der Waals surface area contributed by atoms with Crippen molar-refractivity contribution in [1.29, 1.82) is 0 Å². The monoisotopic (exact) mass is 1080 g/mol. The molecule has 1 amide bonds. The van der Waals surface area contributed by atoms with Crippen molar-refractivity contribution in [2.45, 2.75) is 392 Å². The number of aliphatic hydroxyl groups excluding tert-OH is 2. The van der Waals surface area contributed by atoms with Gasteiger partial charge >= 0.3 is 5.97 Å². The van der Waals surface area contributed by atoms with Gasteiger partial charge in [0, 0.05) is 12.8 Å². The van der Waals surface area contributed by atoms with Crippen molar-refractivity contribution in [2.75, 3.05) is 13.2 Å². The van der Waals surface area contributed by atoms with Gasteiger partial charge < -0.3 is 20.3 Å². The third-order valence-electron chi connectivity index (χ3n) is 16.1. The van der Waals surface area contributed by atoms with Gasteiger partial charge in [0.25, 0.3) is 0 Å². The van der Waals surface area contributed by atoms with E-state index in [4.69, 9.17) is 4.74 Å². The molecule has 0 aromatic carbocycles. The van der Waals surface area contributed by atoms with Gasteiger partial charge in [0.1, 0.15) is 0 Å². The number of carbonyl (C=O) groups excluding carboxylic acids is 2. The van der Waals surface area contributed by atoms with E-state index in [0.717, 1.165) is 44.9 Å². The summed E-state index contributed by atoms with van der Waals surface area (Å²) in [7, 11) is 0. The highest BCUT2D eigenvalue weighted by Gasteiger charge is 2.18. The van der Waals surface area contributed by atoms with E-state index in [-0.39, 0.29) is 18.5 Å². The van der Waals surface area contributed by atoms with E-state index in [1.165, 1.54) is 308 Å². The number of hydrogen-bond acceptors (Lipinski definition) is 5. The molecule has 0 aliphatic rings. The largest absolute Gasteiger partial charge is 0.466 e. The van der Waals surface area contributed by atoms with Crippen LogP contribution in [0.15, 0.2) is 36.5 Å². The molecular weight excluding hydrogens is 947 g/mol. The molecule has 2 unspecified atom stereocenters. The molecule has 6 heteroatoms. The number of esters is 1. The highest BCUT2D eigenvalue weighted by molar-refractivity contribution is 5.76. The Hall–Kier alpha value is -1.92. The van der Waals surface area contributed by atoms with E-state index in [1.807, 2.05) is 6.08 Å². The summed E-state index contributed by atoms with van der Waals surface area (Å²) < 4.78 is 5.50. The summed E-state index contributed by atoms with van der Waals surface area (Å²) in [5.41, 5.74) is 0. The molecule has 0 aromatic heterocycles. The van der Waals surface area contributed by atoms with E-state index >= 15 is 0 Å². The molecule has 0 spiro atoms. The first-order chi connectivity index (χ1) is 38.0. The van der Waals surface area contributed by atoms with E-state index in [9.17, 15) is 19.8 Å². The minimum absolute atomic E-state index is 0.0129. The van der Waals surface area contributed by atoms with Gasteiger partial charge in [-0.05, 0) is 83.5 Å². The Balaban J connectivity index is 3.38. The molecule has 0 saturated heterocycles. The summed E-state index contributed by atoms with van der Waals surface area (Å²) >= 11 is 0. The first kappa shape index (κ1) is 75.1. The van der Waals surface area contributed by atoms with Crippen molar-refractivity contribution in [3.8, 4) is 0 Å². The molecule has 6 nitrogen and oxygen atoms in total. The first-order valence-electron chi connectivity index (χ1n) is 34.8. The SMILES string of the molecule is CCCCCCCCC/C=C\CCCCCCCCCC(=O)OCCCCCCCCCCCCCC/C=C\CCCCCCCCCCCCCCC(=O)NC(CO)C(O)/C=C/CCCCCCCCCCCCCC.